The van der Waals surface area contributed by atoms with Crippen LogP contribution in [0, 0.1) is 22.7 Å². The summed E-state index contributed by atoms with van der Waals surface area (Å²) < 4.78 is 3.85. The van der Waals surface area contributed by atoms with Crippen molar-refractivity contribution >= 4 is 35.1 Å². The van der Waals surface area contributed by atoms with E-state index >= 15 is 0 Å². The van der Waals surface area contributed by atoms with Gasteiger partial charge in [-0.3, -0.25) is 4.79 Å². The zero-order valence-electron chi connectivity index (χ0n) is 25.8. The average molecular weight is 664 g/mol. The number of carboxylic acids is 2. The van der Waals surface area contributed by atoms with Crippen LogP contribution in [0.25, 0.3) is 0 Å². The summed E-state index contributed by atoms with van der Waals surface area (Å²) in [5.74, 6) is -0.286. The van der Waals surface area contributed by atoms with E-state index in [1.807, 2.05) is 21.3 Å². The van der Waals surface area contributed by atoms with E-state index in [0.29, 0.717) is 35.9 Å². The van der Waals surface area contributed by atoms with Gasteiger partial charge < -0.3 is 19.3 Å². The monoisotopic (exact) mass is 662 g/mol. The van der Waals surface area contributed by atoms with Crippen LogP contribution in [-0.4, -0.2) is 41.3 Å². The van der Waals surface area contributed by atoms with Crippen LogP contribution in [0.15, 0.2) is 48.5 Å². The van der Waals surface area contributed by atoms with E-state index in [0.717, 1.165) is 60.6 Å². The first-order valence-corrected chi connectivity index (χ1v) is 15.7. The maximum Gasteiger partial charge on any atom is 0.335 e. The molecule has 0 amide bonds. The van der Waals surface area contributed by atoms with Crippen LogP contribution >= 0.6 is 23.2 Å². The number of carbonyl (C=O) groups is 2. The Morgan fingerprint density at radius 3 is 1.70 bits per heavy atom. The summed E-state index contributed by atoms with van der Waals surface area (Å²) in [5, 5.41) is 36.5. The number of aliphatic carboxylic acids is 1. The van der Waals surface area contributed by atoms with Gasteiger partial charge in [-0.2, -0.15) is 10.5 Å². The second-order valence-corrected chi connectivity index (χ2v) is 11.3. The predicted octanol–water partition coefficient (Wildman–Crippen LogP) is 7.12. The van der Waals surface area contributed by atoms with Crippen molar-refractivity contribution in [2.45, 2.75) is 78.3 Å². The van der Waals surface area contributed by atoms with Crippen molar-refractivity contribution in [1.82, 2.24) is 19.1 Å². The predicted molar refractivity (Wildman–Crippen MR) is 175 cm³/mol. The van der Waals surface area contributed by atoms with Crippen molar-refractivity contribution in [3.63, 3.8) is 0 Å². The summed E-state index contributed by atoms with van der Waals surface area (Å²) in [4.78, 5) is 30.8. The topological polar surface area (TPSA) is 158 Å². The molecule has 0 radical (unpaired) electrons. The second-order valence-electron chi connectivity index (χ2n) is 10.6. The van der Waals surface area contributed by atoms with Crippen LogP contribution in [0.5, 0.6) is 0 Å². The van der Waals surface area contributed by atoms with Crippen molar-refractivity contribution in [2.24, 2.45) is 0 Å². The Morgan fingerprint density at radius 1 is 0.783 bits per heavy atom. The number of rotatable bonds is 14. The molecule has 0 fully saturated rings. The van der Waals surface area contributed by atoms with Crippen LogP contribution in [0.1, 0.15) is 89.6 Å². The van der Waals surface area contributed by atoms with Gasteiger partial charge in [-0.05, 0) is 48.2 Å². The number of hydrogen-bond acceptors (Lipinski definition) is 6. The number of aromatic carboxylic acids is 1. The number of halogens is 2. The van der Waals surface area contributed by atoms with Crippen molar-refractivity contribution < 1.29 is 19.8 Å². The van der Waals surface area contributed by atoms with Gasteiger partial charge in [-0.1, -0.05) is 74.2 Å². The molecule has 46 heavy (non-hydrogen) atoms. The average Bonchev–Trinajstić information content (AvgIpc) is 3.49. The highest BCUT2D eigenvalue weighted by Crippen LogP contribution is 2.23. The summed E-state index contributed by atoms with van der Waals surface area (Å²) in [6.07, 6.45) is 5.63. The van der Waals surface area contributed by atoms with Crippen molar-refractivity contribution in [2.75, 3.05) is 0 Å². The fourth-order valence-electron chi connectivity index (χ4n) is 4.79. The first kappa shape index (κ1) is 35.8. The van der Waals surface area contributed by atoms with E-state index < -0.39 is 11.9 Å². The molecule has 0 atom stereocenters. The molecule has 12 heteroatoms. The lowest BCUT2D eigenvalue weighted by molar-refractivity contribution is -0.136. The molecule has 0 aliphatic heterocycles. The number of nitriles is 2. The lowest BCUT2D eigenvalue weighted by atomic mass is 10.1. The highest BCUT2D eigenvalue weighted by atomic mass is 35.5. The molecule has 10 nitrogen and oxygen atoms in total. The molecular formula is C34H36Cl2N6O4. The molecule has 2 heterocycles. The number of aryl methyl sites for hydroxylation is 2. The maximum atomic E-state index is 11.1. The van der Waals surface area contributed by atoms with E-state index in [9.17, 15) is 9.59 Å². The number of imidazole rings is 2. The van der Waals surface area contributed by atoms with Gasteiger partial charge in [-0.25, -0.2) is 14.8 Å². The Morgan fingerprint density at radius 2 is 1.26 bits per heavy atom. The Balaban J connectivity index is 0.000000251. The molecular weight excluding hydrogens is 627 g/mol. The molecule has 4 aromatic rings. The van der Waals surface area contributed by atoms with Crippen LogP contribution in [-0.2, 0) is 43.6 Å². The molecule has 0 aliphatic rings. The number of unbranched alkanes of at least 4 members (excludes halogenated alkanes) is 2. The third kappa shape index (κ3) is 9.93. The molecule has 0 aliphatic carbocycles. The number of benzene rings is 2. The summed E-state index contributed by atoms with van der Waals surface area (Å²) in [6, 6.07) is 18.2. The van der Waals surface area contributed by atoms with Gasteiger partial charge in [0.2, 0.25) is 0 Å². The molecule has 0 unspecified atom stereocenters. The van der Waals surface area contributed by atoms with E-state index in [2.05, 4.69) is 36.0 Å². The number of nitrogens with zero attached hydrogens (tertiary/aromatic N) is 6. The number of carboxylic acid groups (broad SMARTS) is 2. The summed E-state index contributed by atoms with van der Waals surface area (Å²) in [6.45, 7) is 5.21. The zero-order chi connectivity index (χ0) is 33.6. The molecule has 0 bridgehead atoms. The quantitative estimate of drug-likeness (QED) is 0.144. The van der Waals surface area contributed by atoms with Crippen molar-refractivity contribution in [3.8, 4) is 12.1 Å². The first-order valence-electron chi connectivity index (χ1n) is 15.0. The second kappa shape index (κ2) is 17.7. The smallest absolute Gasteiger partial charge is 0.335 e. The maximum absolute atomic E-state index is 11.1. The van der Waals surface area contributed by atoms with Gasteiger partial charge in [0.15, 0.2) is 10.3 Å². The third-order valence-corrected chi connectivity index (χ3v) is 7.85. The Bertz CT molecular complexity index is 1710. The molecule has 2 aromatic heterocycles. The molecule has 0 saturated heterocycles. The normalized spacial score (nSPS) is 10.5. The standard InChI is InChI=1S/C17H17ClN4.C17H19ClN2O4/c1-2-3-4-16-21-17(18)15(9-10-19)22(16)12-14-7-5-13(11-20)6-8-14;1-2-3-4-14-19-16(18)13(9-15(21)22)20(14)10-11-5-7-12(8-6-11)17(23)24/h5-8H,2-4,9,12H2,1H3;5-8H,2-4,9-10H2,1H3,(H,21,22)(H,23,24). The largest absolute Gasteiger partial charge is 0.481 e. The van der Waals surface area contributed by atoms with Gasteiger partial charge >= 0.3 is 11.9 Å². The van der Waals surface area contributed by atoms with Crippen LogP contribution in [0.3, 0.4) is 0 Å². The van der Waals surface area contributed by atoms with Gasteiger partial charge in [-0.15, -0.1) is 0 Å². The minimum Gasteiger partial charge on any atom is -0.481 e. The van der Waals surface area contributed by atoms with E-state index in [1.165, 1.54) is 12.1 Å². The van der Waals surface area contributed by atoms with Gasteiger partial charge in [0.1, 0.15) is 11.6 Å². The molecule has 0 spiro atoms. The Labute approximate surface area is 278 Å². The molecule has 2 aromatic carbocycles. The minimum absolute atomic E-state index is 0.203. The van der Waals surface area contributed by atoms with Crippen LogP contribution in [0.4, 0.5) is 0 Å². The van der Waals surface area contributed by atoms with Gasteiger partial charge in [0, 0.05) is 25.9 Å². The molecule has 240 valence electrons. The Kier molecular flexibility index (Phi) is 13.8. The molecule has 4 rings (SSSR count). The zero-order valence-corrected chi connectivity index (χ0v) is 27.4. The highest BCUT2D eigenvalue weighted by Gasteiger charge is 2.19. The van der Waals surface area contributed by atoms with Crippen LogP contribution < -0.4 is 0 Å². The number of aromatic nitrogens is 4. The van der Waals surface area contributed by atoms with E-state index in [4.69, 9.17) is 43.9 Å². The van der Waals surface area contributed by atoms with Gasteiger partial charge in [0.25, 0.3) is 0 Å². The first-order chi connectivity index (χ1) is 22.1. The van der Waals surface area contributed by atoms with Crippen molar-refractivity contribution in [1.29, 1.82) is 10.5 Å². The molecule has 2 N–H and O–H groups in total. The minimum atomic E-state index is -0.984. The van der Waals surface area contributed by atoms with Crippen LogP contribution in [0.2, 0.25) is 10.3 Å². The fourth-order valence-corrected chi connectivity index (χ4v) is 5.33. The highest BCUT2D eigenvalue weighted by molar-refractivity contribution is 6.30. The third-order valence-electron chi connectivity index (χ3n) is 7.24. The molecule has 0 saturated carbocycles. The van der Waals surface area contributed by atoms with E-state index in [-0.39, 0.29) is 23.6 Å². The fraction of sp³-hybridized carbons (Fsp3) is 0.353. The Hall–Kier alpha value is -4.64. The SMILES string of the molecule is CCCCc1nc(Cl)c(CC#N)n1Cc1ccc(C#N)cc1.CCCCc1nc(Cl)c(CC(=O)O)n1Cc1ccc(C(=O)O)cc1. The van der Waals surface area contributed by atoms with Crippen molar-refractivity contribution in [3.05, 3.63) is 104 Å². The summed E-state index contributed by atoms with van der Waals surface area (Å²) in [5.41, 5.74) is 4.00. The summed E-state index contributed by atoms with van der Waals surface area (Å²) >= 11 is 12.3. The lowest BCUT2D eigenvalue weighted by Gasteiger charge is -2.11. The van der Waals surface area contributed by atoms with E-state index in [1.54, 1.807) is 24.3 Å². The number of hydrogen-bond donors (Lipinski definition) is 2. The lowest BCUT2D eigenvalue weighted by Crippen LogP contribution is -2.12. The summed E-state index contributed by atoms with van der Waals surface area (Å²) in [7, 11) is 0. The van der Waals surface area contributed by atoms with Gasteiger partial charge in [0.05, 0.1) is 47.5 Å².